The second kappa shape index (κ2) is 6.37. The van der Waals surface area contributed by atoms with Crippen LogP contribution in [0.3, 0.4) is 0 Å². The Morgan fingerprint density at radius 3 is 2.52 bits per heavy atom. The second-order valence-corrected chi connectivity index (χ2v) is 6.06. The van der Waals surface area contributed by atoms with E-state index in [1.165, 1.54) is 0 Å². The molecular formula is C9H8ClN3O7S. The number of nitro groups is 1. The summed E-state index contributed by atoms with van der Waals surface area (Å²) in [4.78, 5) is 30.6. The highest BCUT2D eigenvalue weighted by Crippen LogP contribution is 2.30. The average molecular weight is 338 g/mol. The van der Waals surface area contributed by atoms with E-state index < -0.39 is 43.1 Å². The first-order chi connectivity index (χ1) is 9.61. The largest absolute Gasteiger partial charge is 0.482 e. The fourth-order valence-corrected chi connectivity index (χ4v) is 2.23. The van der Waals surface area contributed by atoms with Gasteiger partial charge in [0.15, 0.2) is 6.61 Å². The number of nitrogens with zero attached hydrogens (tertiary/aromatic N) is 1. The zero-order valence-electron chi connectivity index (χ0n) is 10.1. The van der Waals surface area contributed by atoms with Crippen LogP contribution in [0.2, 0.25) is 0 Å². The first-order valence-corrected chi connectivity index (χ1v) is 7.37. The van der Waals surface area contributed by atoms with Gasteiger partial charge in [-0.05, 0) is 6.07 Å². The fourth-order valence-electron chi connectivity index (χ4n) is 1.24. The highest BCUT2D eigenvalue weighted by atomic mass is 35.7. The lowest BCUT2D eigenvalue weighted by Crippen LogP contribution is -2.38. The Morgan fingerprint density at radius 2 is 2.05 bits per heavy atom. The Labute approximate surface area is 122 Å². The second-order valence-electron chi connectivity index (χ2n) is 3.53. The van der Waals surface area contributed by atoms with Gasteiger partial charge in [-0.15, -0.1) is 0 Å². The van der Waals surface area contributed by atoms with Crippen molar-refractivity contribution in [2.45, 2.75) is 4.90 Å². The molecule has 21 heavy (non-hydrogen) atoms. The van der Waals surface area contributed by atoms with Crippen molar-refractivity contribution in [3.05, 3.63) is 28.3 Å². The third-order valence-electron chi connectivity index (χ3n) is 2.02. The highest BCUT2D eigenvalue weighted by molar-refractivity contribution is 8.13. The van der Waals surface area contributed by atoms with E-state index in [9.17, 15) is 28.1 Å². The van der Waals surface area contributed by atoms with Gasteiger partial charge in [0.2, 0.25) is 0 Å². The van der Waals surface area contributed by atoms with Crippen molar-refractivity contribution in [1.29, 1.82) is 0 Å². The Kier molecular flexibility index (Phi) is 5.05. The molecule has 0 aliphatic carbocycles. The number of primary amides is 1. The van der Waals surface area contributed by atoms with Crippen LogP contribution in [-0.4, -0.2) is 31.9 Å². The minimum atomic E-state index is -4.34. The first-order valence-electron chi connectivity index (χ1n) is 5.06. The number of benzene rings is 1. The smallest absolute Gasteiger partial charge is 0.318 e. The minimum absolute atomic E-state index is 0.379. The van der Waals surface area contributed by atoms with Gasteiger partial charge in [0.25, 0.3) is 20.6 Å². The summed E-state index contributed by atoms with van der Waals surface area (Å²) in [5.74, 6) is -1.31. The molecular weight excluding hydrogens is 330 g/mol. The summed E-state index contributed by atoms with van der Waals surface area (Å²) in [6, 6.07) is 1.50. The molecule has 10 nitrogen and oxygen atoms in total. The topological polar surface area (TPSA) is 159 Å². The molecule has 0 bridgehead atoms. The summed E-state index contributed by atoms with van der Waals surface area (Å²) in [6.45, 7) is -0.736. The standard InChI is InChI=1S/C9H8ClN3O7S/c10-21(18,19)7-3-5(13(16)17)1-2-6(7)20-4-8(14)12-9(11)15/h1-3H,4H2,(H3,11,12,14,15). The summed E-state index contributed by atoms with van der Waals surface area (Å²) in [5.41, 5.74) is 4.17. The molecule has 0 atom stereocenters. The zero-order chi connectivity index (χ0) is 16.2. The molecule has 0 aliphatic heterocycles. The Balaban J connectivity index is 3.04. The number of halogens is 1. The highest BCUT2D eigenvalue weighted by Gasteiger charge is 2.22. The molecule has 0 spiro atoms. The predicted octanol–water partition coefficient (Wildman–Crippen LogP) is 0.0960. The van der Waals surface area contributed by atoms with Crippen molar-refractivity contribution in [3.8, 4) is 5.75 Å². The lowest BCUT2D eigenvalue weighted by atomic mass is 10.3. The van der Waals surface area contributed by atoms with E-state index in [0.717, 1.165) is 12.1 Å². The van der Waals surface area contributed by atoms with Gasteiger partial charge in [-0.2, -0.15) is 0 Å². The normalized spacial score (nSPS) is 10.7. The molecule has 0 saturated carbocycles. The molecule has 1 aromatic rings. The van der Waals surface area contributed by atoms with E-state index in [1.54, 1.807) is 5.32 Å². The summed E-state index contributed by atoms with van der Waals surface area (Å²) in [7, 11) is 0.794. The van der Waals surface area contributed by atoms with Crippen molar-refractivity contribution >= 4 is 37.4 Å². The molecule has 1 aromatic carbocycles. The van der Waals surface area contributed by atoms with Gasteiger partial charge in [0, 0.05) is 22.8 Å². The minimum Gasteiger partial charge on any atom is -0.482 e. The maximum absolute atomic E-state index is 11.3. The number of non-ortho nitro benzene ring substituents is 1. The van der Waals surface area contributed by atoms with Gasteiger partial charge >= 0.3 is 6.03 Å². The van der Waals surface area contributed by atoms with Gasteiger partial charge in [-0.1, -0.05) is 0 Å². The maximum Gasteiger partial charge on any atom is 0.318 e. The number of nitrogens with one attached hydrogen (secondary N) is 1. The molecule has 0 radical (unpaired) electrons. The number of amides is 3. The molecule has 114 valence electrons. The predicted molar refractivity (Wildman–Crippen MR) is 69.4 cm³/mol. The summed E-state index contributed by atoms with van der Waals surface area (Å²) in [5, 5.41) is 12.3. The van der Waals surface area contributed by atoms with Crippen LogP contribution in [0, 0.1) is 10.1 Å². The summed E-state index contributed by atoms with van der Waals surface area (Å²) >= 11 is 0. The maximum atomic E-state index is 11.3. The van der Waals surface area contributed by atoms with Crippen LogP contribution in [0.4, 0.5) is 10.5 Å². The molecule has 0 saturated heterocycles. The molecule has 3 amide bonds. The van der Waals surface area contributed by atoms with Gasteiger partial charge in [0.1, 0.15) is 10.6 Å². The molecule has 0 heterocycles. The Hall–Kier alpha value is -2.40. The monoisotopic (exact) mass is 337 g/mol. The van der Waals surface area contributed by atoms with Gasteiger partial charge < -0.3 is 10.5 Å². The average Bonchev–Trinajstić information content (AvgIpc) is 2.34. The van der Waals surface area contributed by atoms with E-state index >= 15 is 0 Å². The van der Waals surface area contributed by atoms with Crippen molar-refractivity contribution in [2.24, 2.45) is 5.73 Å². The van der Waals surface area contributed by atoms with E-state index in [4.69, 9.17) is 21.2 Å². The van der Waals surface area contributed by atoms with E-state index in [-0.39, 0.29) is 5.75 Å². The number of rotatable bonds is 5. The van der Waals surface area contributed by atoms with Gasteiger partial charge in [-0.25, -0.2) is 13.2 Å². The molecule has 0 unspecified atom stereocenters. The molecule has 0 fully saturated rings. The van der Waals surface area contributed by atoms with Crippen LogP contribution in [0.15, 0.2) is 23.1 Å². The first kappa shape index (κ1) is 16.7. The van der Waals surface area contributed by atoms with Crippen LogP contribution in [-0.2, 0) is 13.8 Å². The third-order valence-corrected chi connectivity index (χ3v) is 3.37. The lowest BCUT2D eigenvalue weighted by molar-refractivity contribution is -0.385. The zero-order valence-corrected chi connectivity index (χ0v) is 11.7. The molecule has 0 aromatic heterocycles. The fraction of sp³-hybridized carbons (Fsp3) is 0.111. The van der Waals surface area contributed by atoms with Crippen LogP contribution in [0.5, 0.6) is 5.75 Å². The summed E-state index contributed by atoms with van der Waals surface area (Å²) < 4.78 is 27.5. The number of hydrogen-bond acceptors (Lipinski definition) is 7. The Morgan fingerprint density at radius 1 is 1.43 bits per heavy atom. The van der Waals surface area contributed by atoms with E-state index in [0.29, 0.717) is 6.07 Å². The van der Waals surface area contributed by atoms with Crippen LogP contribution in [0.25, 0.3) is 0 Å². The number of hydrogen-bond donors (Lipinski definition) is 2. The van der Waals surface area contributed by atoms with Crippen molar-refractivity contribution in [3.63, 3.8) is 0 Å². The molecule has 3 N–H and O–H groups in total. The number of ether oxygens (including phenoxy) is 1. The van der Waals surface area contributed by atoms with Crippen molar-refractivity contribution < 1.29 is 27.7 Å². The third kappa shape index (κ3) is 4.89. The Bertz CT molecular complexity index is 703. The SMILES string of the molecule is NC(=O)NC(=O)COc1ccc([N+](=O)[O-])cc1S(=O)(=O)Cl. The molecule has 0 aliphatic rings. The number of carbonyl (C=O) groups is 2. The number of nitro benzene ring substituents is 1. The van der Waals surface area contributed by atoms with Crippen LogP contribution < -0.4 is 15.8 Å². The van der Waals surface area contributed by atoms with Gasteiger partial charge in [0.05, 0.1) is 4.92 Å². The number of imide groups is 1. The molecule has 1 rings (SSSR count). The number of nitrogens with two attached hydrogens (primary N) is 1. The quantitative estimate of drug-likeness (QED) is 0.437. The number of urea groups is 1. The van der Waals surface area contributed by atoms with E-state index in [1.807, 2.05) is 0 Å². The molecule has 12 heteroatoms. The van der Waals surface area contributed by atoms with Crippen molar-refractivity contribution in [1.82, 2.24) is 5.32 Å². The summed E-state index contributed by atoms with van der Waals surface area (Å²) in [6.07, 6.45) is 0. The van der Waals surface area contributed by atoms with Crippen LogP contribution in [0.1, 0.15) is 0 Å². The van der Waals surface area contributed by atoms with Crippen molar-refractivity contribution in [2.75, 3.05) is 6.61 Å². The van der Waals surface area contributed by atoms with Gasteiger partial charge in [-0.3, -0.25) is 20.2 Å². The number of carbonyl (C=O) groups excluding carboxylic acids is 2. The lowest BCUT2D eigenvalue weighted by Gasteiger charge is -2.08. The van der Waals surface area contributed by atoms with E-state index in [2.05, 4.69) is 0 Å². The van der Waals surface area contributed by atoms with Crippen LogP contribution >= 0.6 is 10.7 Å².